The Morgan fingerprint density at radius 1 is 0.870 bits per heavy atom. The van der Waals surface area contributed by atoms with Crippen molar-refractivity contribution in [3.8, 4) is 11.4 Å². The third kappa shape index (κ3) is 4.55. The van der Waals surface area contributed by atoms with E-state index in [0.717, 1.165) is 41.1 Å². The Morgan fingerprint density at radius 3 is 2.30 bits per heavy atom. The smallest absolute Gasteiger partial charge is 0.162 e. The van der Waals surface area contributed by atoms with Crippen molar-refractivity contribution < 1.29 is 24.8 Å². The first-order chi connectivity index (χ1) is 10.4. The van der Waals surface area contributed by atoms with Gasteiger partial charge in [-0.15, -0.1) is 0 Å². The summed E-state index contributed by atoms with van der Waals surface area (Å²) in [5, 5.41) is 4.40. The van der Waals surface area contributed by atoms with Crippen molar-refractivity contribution >= 4 is 16.7 Å². The number of nitrogens with two attached hydrogens (primary N) is 1. The highest BCUT2D eigenvalue weighted by molar-refractivity contribution is 5.90. The summed E-state index contributed by atoms with van der Waals surface area (Å²) in [6, 6.07) is 18.1. The van der Waals surface area contributed by atoms with Crippen LogP contribution in [-0.4, -0.2) is 23.1 Å². The van der Waals surface area contributed by atoms with Crippen LogP contribution in [0, 0.1) is 0 Å². The zero-order valence-corrected chi connectivity index (χ0v) is 14.1. The number of halogens is 2. The first-order valence-corrected chi connectivity index (χ1v) is 7.14. The lowest BCUT2D eigenvalue weighted by Gasteiger charge is -2.10. The second-order valence-corrected chi connectivity index (χ2v) is 4.85. The molecule has 0 unspecified atom stereocenters. The van der Waals surface area contributed by atoms with Gasteiger partial charge in [0, 0.05) is 17.5 Å². The van der Waals surface area contributed by atoms with Crippen LogP contribution in [0.15, 0.2) is 54.6 Å². The highest BCUT2D eigenvalue weighted by Gasteiger charge is 2.08. The molecule has 0 aliphatic heterocycles. The van der Waals surface area contributed by atoms with Gasteiger partial charge in [0.15, 0.2) is 5.82 Å². The van der Waals surface area contributed by atoms with Crippen LogP contribution in [-0.2, 0) is 0 Å². The molecule has 0 spiro atoms. The normalized spacial score (nSPS) is 9.78. The van der Waals surface area contributed by atoms with Crippen LogP contribution in [0.5, 0.6) is 0 Å². The van der Waals surface area contributed by atoms with Gasteiger partial charge in [-0.1, -0.05) is 42.5 Å². The number of para-hydroxylation sites is 1. The van der Waals surface area contributed by atoms with Gasteiger partial charge in [-0.3, -0.25) is 0 Å². The van der Waals surface area contributed by atoms with Gasteiger partial charge in [0.25, 0.3) is 0 Å². The number of nitrogens with one attached hydrogen (secondary N) is 1. The van der Waals surface area contributed by atoms with Crippen molar-refractivity contribution in [3.05, 3.63) is 54.6 Å². The maximum absolute atomic E-state index is 5.55. The van der Waals surface area contributed by atoms with E-state index in [1.54, 1.807) is 0 Å². The minimum atomic E-state index is 0. The minimum Gasteiger partial charge on any atom is -1.00 e. The Kier molecular flexibility index (Phi) is 7.75. The molecule has 3 aromatic rings. The fourth-order valence-electron chi connectivity index (χ4n) is 2.24. The van der Waals surface area contributed by atoms with E-state index < -0.39 is 0 Å². The average molecular weight is 349 g/mol. The molecule has 23 heavy (non-hydrogen) atoms. The van der Waals surface area contributed by atoms with E-state index in [2.05, 4.69) is 15.3 Å². The van der Waals surface area contributed by atoms with Gasteiger partial charge in [-0.2, -0.15) is 0 Å². The Hall–Kier alpha value is -1.88. The quantitative estimate of drug-likeness (QED) is 0.484. The molecule has 4 nitrogen and oxygen atoms in total. The number of nitrogens with zero attached hydrogens (tertiary/aromatic N) is 2. The minimum absolute atomic E-state index is 0. The number of hydrogen-bond donors (Lipinski definition) is 2. The van der Waals surface area contributed by atoms with Crippen LogP contribution >= 0.6 is 0 Å². The van der Waals surface area contributed by atoms with E-state index in [-0.39, 0.29) is 24.8 Å². The summed E-state index contributed by atoms with van der Waals surface area (Å²) in [7, 11) is 0. The molecule has 0 aliphatic rings. The molecule has 0 saturated carbocycles. The molecule has 3 N–H and O–H groups in total. The van der Waals surface area contributed by atoms with Crippen molar-refractivity contribution in [2.75, 3.05) is 18.4 Å². The monoisotopic (exact) mass is 348 g/mol. The fraction of sp³-hybridized carbons (Fsp3) is 0.176. The number of benzene rings is 2. The lowest BCUT2D eigenvalue weighted by atomic mass is 10.2. The molecular weight excluding hydrogens is 331 g/mol. The van der Waals surface area contributed by atoms with Crippen LogP contribution in [0.3, 0.4) is 0 Å². The topological polar surface area (TPSA) is 63.8 Å². The zero-order chi connectivity index (χ0) is 14.5. The maximum atomic E-state index is 5.55. The van der Waals surface area contributed by atoms with Crippen molar-refractivity contribution in [3.63, 3.8) is 0 Å². The molecule has 3 rings (SSSR count). The van der Waals surface area contributed by atoms with E-state index in [4.69, 9.17) is 5.73 Å². The number of hydrogen-bond acceptors (Lipinski definition) is 4. The Bertz CT molecular complexity index is 735. The van der Waals surface area contributed by atoms with Gasteiger partial charge in [-0.05, 0) is 25.1 Å². The summed E-state index contributed by atoms with van der Waals surface area (Å²) in [6.45, 7) is 1.48. The Morgan fingerprint density at radius 2 is 1.57 bits per heavy atom. The van der Waals surface area contributed by atoms with Crippen LogP contribution < -0.4 is 35.9 Å². The molecule has 6 heteroatoms. The second-order valence-electron chi connectivity index (χ2n) is 4.85. The molecule has 1 heterocycles. The molecule has 2 aromatic carbocycles. The van der Waals surface area contributed by atoms with Gasteiger partial charge in [-0.25, -0.2) is 9.97 Å². The predicted octanol–water partition coefficient (Wildman–Crippen LogP) is -2.93. The number of fused-ring (bicyclic) bond motifs is 1. The molecule has 0 aliphatic carbocycles. The average Bonchev–Trinajstić information content (AvgIpc) is 2.55. The maximum Gasteiger partial charge on any atom is 0.162 e. The Balaban J connectivity index is 0.00000132. The third-order valence-corrected chi connectivity index (χ3v) is 3.31. The van der Waals surface area contributed by atoms with Gasteiger partial charge in [0.05, 0.1) is 5.52 Å². The first-order valence-electron chi connectivity index (χ1n) is 7.14. The van der Waals surface area contributed by atoms with Gasteiger partial charge >= 0.3 is 0 Å². The summed E-state index contributed by atoms with van der Waals surface area (Å²) in [6.07, 6.45) is 0.916. The van der Waals surface area contributed by atoms with Crippen LogP contribution in [0.2, 0.25) is 0 Å². The van der Waals surface area contributed by atoms with E-state index in [1.165, 1.54) is 0 Å². The summed E-state index contributed by atoms with van der Waals surface area (Å²) in [5.74, 6) is 1.61. The summed E-state index contributed by atoms with van der Waals surface area (Å²) in [5.41, 5.74) is 7.52. The lowest BCUT2D eigenvalue weighted by Crippen LogP contribution is -3.00. The molecule has 1 aromatic heterocycles. The number of rotatable bonds is 5. The Labute approximate surface area is 148 Å². The van der Waals surface area contributed by atoms with Crippen LogP contribution in [0.1, 0.15) is 6.42 Å². The van der Waals surface area contributed by atoms with E-state index in [1.807, 2.05) is 54.6 Å². The SMILES string of the molecule is NCCCNc1nc(-c2ccccc2)nc2ccccc12.[Cl-].[Cl-]. The molecule has 0 saturated heterocycles. The predicted molar refractivity (Wildman–Crippen MR) is 87.1 cm³/mol. The van der Waals surface area contributed by atoms with Crippen LogP contribution in [0.25, 0.3) is 22.3 Å². The number of aromatic nitrogens is 2. The summed E-state index contributed by atoms with van der Waals surface area (Å²) >= 11 is 0. The first kappa shape index (κ1) is 19.2. The van der Waals surface area contributed by atoms with Crippen molar-refractivity contribution in [1.29, 1.82) is 0 Å². The van der Waals surface area contributed by atoms with Crippen molar-refractivity contribution in [2.45, 2.75) is 6.42 Å². The zero-order valence-electron chi connectivity index (χ0n) is 12.5. The largest absolute Gasteiger partial charge is 1.00 e. The summed E-state index contributed by atoms with van der Waals surface area (Å²) in [4.78, 5) is 9.34. The highest BCUT2D eigenvalue weighted by Crippen LogP contribution is 2.24. The third-order valence-electron chi connectivity index (χ3n) is 3.31. The van der Waals surface area contributed by atoms with Gasteiger partial charge in [0.1, 0.15) is 5.82 Å². The fourth-order valence-corrected chi connectivity index (χ4v) is 2.24. The van der Waals surface area contributed by atoms with Gasteiger partial charge < -0.3 is 35.9 Å². The molecule has 0 atom stereocenters. The molecule has 0 radical (unpaired) electrons. The van der Waals surface area contributed by atoms with E-state index >= 15 is 0 Å². The van der Waals surface area contributed by atoms with Crippen molar-refractivity contribution in [1.82, 2.24) is 9.97 Å². The highest BCUT2D eigenvalue weighted by atomic mass is 35.5. The van der Waals surface area contributed by atoms with Gasteiger partial charge in [0.2, 0.25) is 0 Å². The number of anilines is 1. The lowest BCUT2D eigenvalue weighted by molar-refractivity contribution is -0.001000. The van der Waals surface area contributed by atoms with E-state index in [0.29, 0.717) is 6.54 Å². The molecule has 0 fully saturated rings. The second kappa shape index (κ2) is 9.30. The van der Waals surface area contributed by atoms with Crippen molar-refractivity contribution in [2.24, 2.45) is 5.73 Å². The molecule has 0 amide bonds. The standard InChI is InChI=1S/C17H18N4.2ClH/c18-11-6-12-19-17-14-9-4-5-10-15(14)20-16(21-17)13-7-2-1-3-8-13;;/h1-5,7-10H,6,11-12,18H2,(H,19,20,21);2*1H/p-2. The molecular formula is C17H18Cl2N4-2. The molecule has 122 valence electrons. The molecule has 0 bridgehead atoms. The summed E-state index contributed by atoms with van der Waals surface area (Å²) < 4.78 is 0. The van der Waals surface area contributed by atoms with Crippen LogP contribution in [0.4, 0.5) is 5.82 Å². The van der Waals surface area contributed by atoms with E-state index in [9.17, 15) is 0 Å².